The van der Waals surface area contributed by atoms with Crippen LogP contribution >= 0.6 is 0 Å². The van der Waals surface area contributed by atoms with Gasteiger partial charge in [-0.15, -0.1) is 0 Å². The average molecular weight is 335 g/mol. The number of fused-ring (bicyclic) bond motifs is 1. The van der Waals surface area contributed by atoms with Crippen LogP contribution in [0.5, 0.6) is 0 Å². The van der Waals surface area contributed by atoms with Crippen molar-refractivity contribution in [3.05, 3.63) is 71.4 Å². The second kappa shape index (κ2) is 6.71. The molecule has 0 spiro atoms. The molecule has 3 aromatic rings. The molecule has 0 bridgehead atoms. The maximum atomic E-state index is 13.3. The lowest BCUT2D eigenvalue weighted by atomic mass is 10.1. The third-order valence-corrected chi connectivity index (χ3v) is 4.81. The fraction of sp³-hybridized carbons (Fsp3) is 0.286. The molecule has 4 heteroatoms. The molecule has 0 saturated carbocycles. The quantitative estimate of drug-likeness (QED) is 0.731. The number of rotatable bonds is 4. The van der Waals surface area contributed by atoms with Crippen molar-refractivity contribution >= 4 is 5.69 Å². The minimum Gasteiger partial charge on any atom is -0.381 e. The SMILES string of the molecule is Cc1cc(CNc2ccc(-c3cn4c(n3)CCCC4)cc2)ccc1F. The van der Waals surface area contributed by atoms with E-state index in [1.165, 1.54) is 24.7 Å². The zero-order chi connectivity index (χ0) is 17.2. The van der Waals surface area contributed by atoms with Gasteiger partial charge in [0.2, 0.25) is 0 Å². The highest BCUT2D eigenvalue weighted by Gasteiger charge is 2.13. The minimum absolute atomic E-state index is 0.157. The molecule has 3 nitrogen and oxygen atoms in total. The van der Waals surface area contributed by atoms with Gasteiger partial charge in [0, 0.05) is 37.0 Å². The Morgan fingerprint density at radius 3 is 2.72 bits per heavy atom. The van der Waals surface area contributed by atoms with Crippen LogP contribution in [0.4, 0.5) is 10.1 Å². The normalized spacial score (nSPS) is 13.5. The molecule has 0 unspecified atom stereocenters. The molecule has 0 aliphatic carbocycles. The van der Waals surface area contributed by atoms with E-state index in [2.05, 4.69) is 40.3 Å². The summed E-state index contributed by atoms with van der Waals surface area (Å²) in [5.74, 6) is 1.05. The van der Waals surface area contributed by atoms with Gasteiger partial charge < -0.3 is 9.88 Å². The fourth-order valence-corrected chi connectivity index (χ4v) is 3.33. The van der Waals surface area contributed by atoms with Crippen LogP contribution in [0.2, 0.25) is 0 Å². The summed E-state index contributed by atoms with van der Waals surface area (Å²) in [5.41, 5.74) is 5.00. The predicted molar refractivity (Wildman–Crippen MR) is 99.1 cm³/mol. The summed E-state index contributed by atoms with van der Waals surface area (Å²) in [4.78, 5) is 4.77. The van der Waals surface area contributed by atoms with E-state index in [0.29, 0.717) is 12.1 Å². The van der Waals surface area contributed by atoms with E-state index >= 15 is 0 Å². The predicted octanol–water partition coefficient (Wildman–Crippen LogP) is 4.95. The first-order chi connectivity index (χ1) is 12.2. The maximum absolute atomic E-state index is 13.3. The van der Waals surface area contributed by atoms with Crippen molar-refractivity contribution in [3.63, 3.8) is 0 Å². The third-order valence-electron chi connectivity index (χ3n) is 4.81. The van der Waals surface area contributed by atoms with Gasteiger partial charge in [0.15, 0.2) is 0 Å². The van der Waals surface area contributed by atoms with Crippen molar-refractivity contribution in [2.24, 2.45) is 0 Å². The van der Waals surface area contributed by atoms with Crippen molar-refractivity contribution in [2.75, 3.05) is 5.32 Å². The van der Waals surface area contributed by atoms with Crippen molar-refractivity contribution in [1.82, 2.24) is 9.55 Å². The second-order valence-corrected chi connectivity index (χ2v) is 6.71. The Morgan fingerprint density at radius 1 is 1.12 bits per heavy atom. The molecule has 1 N–H and O–H groups in total. The number of imidazole rings is 1. The summed E-state index contributed by atoms with van der Waals surface area (Å²) < 4.78 is 15.6. The summed E-state index contributed by atoms with van der Waals surface area (Å²) in [7, 11) is 0. The Kier molecular flexibility index (Phi) is 4.26. The van der Waals surface area contributed by atoms with Crippen LogP contribution in [0.1, 0.15) is 29.8 Å². The maximum Gasteiger partial charge on any atom is 0.126 e. The van der Waals surface area contributed by atoms with E-state index in [4.69, 9.17) is 4.98 Å². The molecule has 0 atom stereocenters. The first kappa shape index (κ1) is 15.9. The molecule has 0 fully saturated rings. The molecule has 128 valence electrons. The fourth-order valence-electron chi connectivity index (χ4n) is 3.33. The Labute approximate surface area is 147 Å². The van der Waals surface area contributed by atoms with Crippen LogP contribution in [0, 0.1) is 12.7 Å². The van der Waals surface area contributed by atoms with Crippen LogP contribution < -0.4 is 5.32 Å². The largest absolute Gasteiger partial charge is 0.381 e. The number of anilines is 1. The van der Waals surface area contributed by atoms with Gasteiger partial charge in [-0.3, -0.25) is 0 Å². The highest BCUT2D eigenvalue weighted by molar-refractivity contribution is 5.62. The molecular weight excluding hydrogens is 313 g/mol. The number of aromatic nitrogens is 2. The number of benzene rings is 2. The highest BCUT2D eigenvalue weighted by atomic mass is 19.1. The Bertz CT molecular complexity index is 857. The summed E-state index contributed by atoms with van der Waals surface area (Å²) in [6.45, 7) is 3.55. The van der Waals surface area contributed by atoms with Gasteiger partial charge in [-0.1, -0.05) is 24.3 Å². The Hall–Kier alpha value is -2.62. The van der Waals surface area contributed by atoms with E-state index in [0.717, 1.165) is 35.5 Å². The van der Waals surface area contributed by atoms with E-state index in [1.54, 1.807) is 6.92 Å². The third kappa shape index (κ3) is 3.43. The standard InChI is InChI=1S/C21H22FN3/c1-15-12-16(5-10-19(15)22)13-23-18-8-6-17(7-9-18)20-14-25-11-3-2-4-21(25)24-20/h5-10,12,14,23H,2-4,11,13H2,1H3. The smallest absolute Gasteiger partial charge is 0.126 e. The topological polar surface area (TPSA) is 29.9 Å². The van der Waals surface area contributed by atoms with Gasteiger partial charge in [-0.05, 0) is 49.1 Å². The first-order valence-electron chi connectivity index (χ1n) is 8.84. The van der Waals surface area contributed by atoms with Crippen LogP contribution in [0.3, 0.4) is 0 Å². The number of halogens is 1. The molecule has 1 aliphatic rings. The molecular formula is C21H22FN3. The molecule has 25 heavy (non-hydrogen) atoms. The number of nitrogens with zero attached hydrogens (tertiary/aromatic N) is 2. The van der Waals surface area contributed by atoms with Gasteiger partial charge in [0.05, 0.1) is 5.69 Å². The van der Waals surface area contributed by atoms with Crippen LogP contribution in [-0.2, 0) is 19.5 Å². The molecule has 0 amide bonds. The molecule has 2 aromatic carbocycles. The Morgan fingerprint density at radius 2 is 1.96 bits per heavy atom. The molecule has 0 saturated heterocycles. The van der Waals surface area contributed by atoms with Crippen molar-refractivity contribution in [1.29, 1.82) is 0 Å². The highest BCUT2D eigenvalue weighted by Crippen LogP contribution is 2.24. The van der Waals surface area contributed by atoms with Gasteiger partial charge >= 0.3 is 0 Å². The summed E-state index contributed by atoms with van der Waals surface area (Å²) in [6.07, 6.45) is 5.73. The van der Waals surface area contributed by atoms with Gasteiger partial charge in [-0.2, -0.15) is 0 Å². The van der Waals surface area contributed by atoms with Gasteiger partial charge in [0.1, 0.15) is 11.6 Å². The van der Waals surface area contributed by atoms with Gasteiger partial charge in [0.25, 0.3) is 0 Å². The summed E-state index contributed by atoms with van der Waals surface area (Å²) >= 11 is 0. The lowest BCUT2D eigenvalue weighted by Crippen LogP contribution is -2.08. The van der Waals surface area contributed by atoms with Crippen LogP contribution in [0.15, 0.2) is 48.7 Å². The lowest BCUT2D eigenvalue weighted by molar-refractivity contribution is 0.522. The monoisotopic (exact) mass is 335 g/mol. The van der Waals surface area contributed by atoms with Crippen LogP contribution in [0.25, 0.3) is 11.3 Å². The van der Waals surface area contributed by atoms with Crippen molar-refractivity contribution < 1.29 is 4.39 Å². The molecule has 1 aliphatic heterocycles. The molecule has 4 rings (SSSR count). The van der Waals surface area contributed by atoms with E-state index < -0.39 is 0 Å². The molecule has 2 heterocycles. The Balaban J connectivity index is 1.44. The number of hydrogen-bond acceptors (Lipinski definition) is 2. The first-order valence-corrected chi connectivity index (χ1v) is 8.84. The number of aryl methyl sites for hydroxylation is 3. The minimum atomic E-state index is -0.157. The zero-order valence-electron chi connectivity index (χ0n) is 14.4. The number of hydrogen-bond donors (Lipinski definition) is 1. The zero-order valence-corrected chi connectivity index (χ0v) is 14.4. The molecule has 1 aromatic heterocycles. The number of nitrogens with one attached hydrogen (secondary N) is 1. The van der Waals surface area contributed by atoms with Crippen LogP contribution in [-0.4, -0.2) is 9.55 Å². The van der Waals surface area contributed by atoms with E-state index in [9.17, 15) is 4.39 Å². The van der Waals surface area contributed by atoms with E-state index in [-0.39, 0.29) is 5.82 Å². The summed E-state index contributed by atoms with van der Waals surface area (Å²) in [5, 5.41) is 3.39. The van der Waals surface area contributed by atoms with E-state index in [1.807, 2.05) is 12.1 Å². The molecule has 0 radical (unpaired) electrons. The van der Waals surface area contributed by atoms with Crippen molar-refractivity contribution in [3.8, 4) is 11.3 Å². The van der Waals surface area contributed by atoms with Crippen molar-refractivity contribution in [2.45, 2.75) is 39.3 Å². The van der Waals surface area contributed by atoms with Gasteiger partial charge in [-0.25, -0.2) is 9.37 Å². The second-order valence-electron chi connectivity index (χ2n) is 6.71. The lowest BCUT2D eigenvalue weighted by Gasteiger charge is -2.11. The average Bonchev–Trinajstić information content (AvgIpc) is 3.07. The summed E-state index contributed by atoms with van der Waals surface area (Å²) in [6, 6.07) is 13.6.